The summed E-state index contributed by atoms with van der Waals surface area (Å²) in [7, 11) is 0. The van der Waals surface area contributed by atoms with Gasteiger partial charge < -0.3 is 0 Å². The van der Waals surface area contributed by atoms with Crippen LogP contribution in [0.4, 0.5) is 13.2 Å². The number of hydrogen-bond donors (Lipinski definition) is 0. The van der Waals surface area contributed by atoms with Crippen molar-refractivity contribution in [1.29, 1.82) is 0 Å². The van der Waals surface area contributed by atoms with Crippen molar-refractivity contribution < 1.29 is 17.9 Å². The van der Waals surface area contributed by atoms with E-state index in [1.54, 1.807) is 0 Å². The van der Waals surface area contributed by atoms with Crippen LogP contribution in [-0.4, -0.2) is 12.5 Å². The van der Waals surface area contributed by atoms with E-state index < -0.39 is 12.5 Å². The van der Waals surface area contributed by atoms with Gasteiger partial charge in [-0.1, -0.05) is 20.8 Å². The molecule has 80 valence electrons. The highest BCUT2D eigenvalue weighted by Gasteiger charge is 2.32. The first-order valence-corrected chi connectivity index (χ1v) is 4.35. The summed E-state index contributed by atoms with van der Waals surface area (Å²) >= 11 is 0. The molecule has 0 bridgehead atoms. The van der Waals surface area contributed by atoms with Crippen LogP contribution in [0.2, 0.25) is 0 Å². The zero-order chi connectivity index (χ0) is 10.7. The first-order chi connectivity index (χ1) is 5.60. The van der Waals surface area contributed by atoms with Crippen LogP contribution in [0.5, 0.6) is 0 Å². The molecular weight excluding hydrogens is 181 g/mol. The molecule has 0 aromatic rings. The number of alkyl halides is 3. The number of ether oxygens (including phenoxy) is 1. The molecule has 0 amide bonds. The number of hydrogen-bond acceptors (Lipinski definition) is 1. The Morgan fingerprint density at radius 3 is 1.92 bits per heavy atom. The number of rotatable bonds is 3. The zero-order valence-electron chi connectivity index (χ0n) is 8.53. The molecule has 0 radical (unpaired) electrons. The van der Waals surface area contributed by atoms with E-state index in [-0.39, 0.29) is 5.41 Å². The molecule has 0 heterocycles. The molecule has 1 nitrogen and oxygen atoms in total. The molecule has 0 fully saturated rings. The van der Waals surface area contributed by atoms with Gasteiger partial charge in [-0.2, -0.15) is 0 Å². The van der Waals surface area contributed by atoms with Crippen LogP contribution in [0.3, 0.4) is 0 Å². The van der Waals surface area contributed by atoms with Gasteiger partial charge in [0.15, 0.2) is 0 Å². The van der Waals surface area contributed by atoms with Crippen LogP contribution in [0.1, 0.15) is 40.5 Å². The summed E-state index contributed by atoms with van der Waals surface area (Å²) in [5, 5.41) is 0. The lowest BCUT2D eigenvalue weighted by Gasteiger charge is -2.21. The summed E-state index contributed by atoms with van der Waals surface area (Å²) in [4.78, 5) is 0. The lowest BCUT2D eigenvalue weighted by atomic mass is 9.89. The molecule has 0 aliphatic heterocycles. The minimum atomic E-state index is -4.50. The summed E-state index contributed by atoms with van der Waals surface area (Å²) < 4.78 is 38.9. The normalized spacial score (nSPS) is 15.9. The van der Waals surface area contributed by atoms with Gasteiger partial charge in [0.2, 0.25) is 0 Å². The fraction of sp³-hybridized carbons (Fsp3) is 1.00. The van der Waals surface area contributed by atoms with Crippen LogP contribution in [-0.2, 0) is 4.74 Å². The largest absolute Gasteiger partial charge is 0.522 e. The topological polar surface area (TPSA) is 9.23 Å². The van der Waals surface area contributed by atoms with Crippen molar-refractivity contribution in [3.05, 3.63) is 0 Å². The SMILES string of the molecule is CC(CCC(C)(C)C)OC(F)(F)F. The van der Waals surface area contributed by atoms with Gasteiger partial charge in [0, 0.05) is 0 Å². The molecule has 0 aliphatic rings. The van der Waals surface area contributed by atoms with Gasteiger partial charge in [-0.25, -0.2) is 0 Å². The third-order valence-corrected chi connectivity index (χ3v) is 1.64. The molecule has 0 N–H and O–H groups in total. The predicted molar refractivity (Wildman–Crippen MR) is 45.3 cm³/mol. The highest BCUT2D eigenvalue weighted by Crippen LogP contribution is 2.25. The van der Waals surface area contributed by atoms with Gasteiger partial charge in [-0.05, 0) is 25.2 Å². The second-order valence-corrected chi connectivity index (χ2v) is 4.47. The van der Waals surface area contributed by atoms with Gasteiger partial charge >= 0.3 is 6.36 Å². The van der Waals surface area contributed by atoms with E-state index in [0.717, 1.165) is 6.42 Å². The van der Waals surface area contributed by atoms with Crippen LogP contribution < -0.4 is 0 Å². The van der Waals surface area contributed by atoms with Gasteiger partial charge in [0.05, 0.1) is 6.10 Å². The Hall–Kier alpha value is -0.250. The van der Waals surface area contributed by atoms with E-state index in [2.05, 4.69) is 4.74 Å². The number of halogens is 3. The molecule has 0 saturated carbocycles. The summed E-state index contributed by atoms with van der Waals surface area (Å²) in [5.41, 5.74) is 0.0587. The van der Waals surface area contributed by atoms with Crippen molar-refractivity contribution >= 4 is 0 Å². The third-order valence-electron chi connectivity index (χ3n) is 1.64. The zero-order valence-corrected chi connectivity index (χ0v) is 8.53. The monoisotopic (exact) mass is 198 g/mol. The Morgan fingerprint density at radius 2 is 1.62 bits per heavy atom. The highest BCUT2D eigenvalue weighted by molar-refractivity contribution is 4.64. The standard InChI is InChI=1S/C9H17F3O/c1-7(13-9(10,11)12)5-6-8(2,3)4/h7H,5-6H2,1-4H3. The van der Waals surface area contributed by atoms with Gasteiger partial charge in [-0.3, -0.25) is 4.74 Å². The van der Waals surface area contributed by atoms with Crippen molar-refractivity contribution in [2.24, 2.45) is 5.41 Å². The third kappa shape index (κ3) is 9.67. The predicted octanol–water partition coefficient (Wildman–Crippen LogP) is 3.74. The average molecular weight is 198 g/mol. The summed E-state index contributed by atoms with van der Waals surface area (Å²) in [5.74, 6) is 0. The van der Waals surface area contributed by atoms with Gasteiger partial charge in [0.1, 0.15) is 0 Å². The lowest BCUT2D eigenvalue weighted by molar-refractivity contribution is -0.341. The van der Waals surface area contributed by atoms with Crippen molar-refractivity contribution in [2.45, 2.75) is 53.0 Å². The summed E-state index contributed by atoms with van der Waals surface area (Å²) in [6, 6.07) is 0. The molecule has 13 heavy (non-hydrogen) atoms. The van der Waals surface area contributed by atoms with Crippen LogP contribution in [0, 0.1) is 5.41 Å². The second-order valence-electron chi connectivity index (χ2n) is 4.47. The van der Waals surface area contributed by atoms with Crippen molar-refractivity contribution in [1.82, 2.24) is 0 Å². The van der Waals surface area contributed by atoms with E-state index in [1.165, 1.54) is 6.92 Å². The van der Waals surface area contributed by atoms with E-state index in [0.29, 0.717) is 6.42 Å². The maximum Gasteiger partial charge on any atom is 0.522 e. The van der Waals surface area contributed by atoms with Crippen molar-refractivity contribution in [3.8, 4) is 0 Å². The molecule has 0 saturated heterocycles. The molecule has 0 spiro atoms. The quantitative estimate of drug-likeness (QED) is 0.671. The maximum atomic E-state index is 11.7. The van der Waals surface area contributed by atoms with Crippen LogP contribution >= 0.6 is 0 Å². The first-order valence-electron chi connectivity index (χ1n) is 4.35. The molecular formula is C9H17F3O. The van der Waals surface area contributed by atoms with E-state index in [1.807, 2.05) is 20.8 Å². The minimum Gasteiger partial charge on any atom is -0.289 e. The Balaban J connectivity index is 3.70. The maximum absolute atomic E-state index is 11.7. The molecule has 0 aromatic heterocycles. The minimum absolute atomic E-state index is 0.0587. The van der Waals surface area contributed by atoms with Crippen molar-refractivity contribution in [2.75, 3.05) is 0 Å². The fourth-order valence-electron chi connectivity index (χ4n) is 0.923. The van der Waals surface area contributed by atoms with E-state index in [9.17, 15) is 13.2 Å². The molecule has 1 unspecified atom stereocenters. The van der Waals surface area contributed by atoms with Crippen LogP contribution in [0.25, 0.3) is 0 Å². The van der Waals surface area contributed by atoms with Gasteiger partial charge in [0.25, 0.3) is 0 Å². The smallest absolute Gasteiger partial charge is 0.289 e. The van der Waals surface area contributed by atoms with Crippen LogP contribution in [0.15, 0.2) is 0 Å². The summed E-state index contributed by atoms with van der Waals surface area (Å²) in [6.07, 6.45) is -4.09. The first kappa shape index (κ1) is 12.8. The Morgan fingerprint density at radius 1 is 1.15 bits per heavy atom. The average Bonchev–Trinajstić information content (AvgIpc) is 1.78. The Labute approximate surface area is 77.3 Å². The van der Waals surface area contributed by atoms with Crippen molar-refractivity contribution in [3.63, 3.8) is 0 Å². The molecule has 4 heteroatoms. The van der Waals surface area contributed by atoms with E-state index >= 15 is 0 Å². The van der Waals surface area contributed by atoms with E-state index in [4.69, 9.17) is 0 Å². The lowest BCUT2D eigenvalue weighted by Crippen LogP contribution is -2.22. The summed E-state index contributed by atoms with van der Waals surface area (Å²) in [6.45, 7) is 7.42. The Bertz CT molecular complexity index is 146. The Kier molecular flexibility index (Phi) is 4.23. The van der Waals surface area contributed by atoms with Gasteiger partial charge in [-0.15, -0.1) is 13.2 Å². The molecule has 0 rings (SSSR count). The molecule has 0 aromatic carbocycles. The second kappa shape index (κ2) is 4.31. The highest BCUT2D eigenvalue weighted by atomic mass is 19.4. The molecule has 1 atom stereocenters. The molecule has 0 aliphatic carbocycles. The fourth-order valence-corrected chi connectivity index (χ4v) is 0.923.